The molecule has 1 radical (unpaired) electrons. The van der Waals surface area contributed by atoms with Gasteiger partial charge in [-0.25, -0.2) is 0 Å². The number of hydrogen-bond acceptors (Lipinski definition) is 1. The molecular weight excluding hydrogens is 95.1 g/mol. The maximum atomic E-state index is 3.18. The van der Waals surface area contributed by atoms with Gasteiger partial charge in [0.05, 0.1) is 0 Å². The molecule has 0 unspecified atom stereocenters. The largest absolute Gasteiger partial charge is 0.870 e. The zero-order chi connectivity index (χ0) is 2.71. The van der Waals surface area contributed by atoms with Gasteiger partial charge in [0.15, 0.2) is 0 Å². The van der Waals surface area contributed by atoms with Crippen molar-refractivity contribution < 1.29 is 5.48 Å². The monoisotopic (exact) mass is 103 g/mol. The van der Waals surface area contributed by atoms with E-state index in [1.165, 1.54) is 0 Å². The second-order valence-electron chi connectivity index (χ2n) is 0.354. The molecule has 0 rings (SSSR count). The zero-order valence-electron chi connectivity index (χ0n) is 3.65. The van der Waals surface area contributed by atoms with E-state index in [9.17, 15) is 0 Å². The van der Waals surface area contributed by atoms with Crippen LogP contribution in [0.5, 0.6) is 0 Å². The Kier molecular flexibility index (Phi) is 60.0. The maximum absolute atomic E-state index is 3.18. The Bertz CT molecular complexity index is 9.61. The Morgan fingerprint density at radius 1 is 1.60 bits per heavy atom. The fourth-order valence-electron chi connectivity index (χ4n) is 0. The van der Waals surface area contributed by atoms with E-state index >= 15 is 0 Å². The summed E-state index contributed by atoms with van der Waals surface area (Å²) in [7, 11) is 0. The van der Waals surface area contributed by atoms with E-state index in [0.717, 1.165) is 5.75 Å². The summed E-state index contributed by atoms with van der Waals surface area (Å²) in [4.78, 5) is 0. The van der Waals surface area contributed by atoms with Gasteiger partial charge in [-0.3, -0.25) is 0 Å². The fourth-order valence-corrected chi connectivity index (χ4v) is 0. The van der Waals surface area contributed by atoms with Gasteiger partial charge in [-0.15, -0.1) is 0 Å². The standard InChI is InChI=1S/C2H6S.Na.H2O/c1-2-3;;/h3H,2H2,1H3;;1H2. The molecule has 0 heterocycles. The van der Waals surface area contributed by atoms with Crippen LogP contribution < -0.4 is 0 Å². The third kappa shape index (κ3) is 33.9. The molecule has 0 aromatic rings. The summed E-state index contributed by atoms with van der Waals surface area (Å²) in [6, 6.07) is 0. The Hall–Kier alpha value is 1.31. The summed E-state index contributed by atoms with van der Waals surface area (Å²) in [6.07, 6.45) is 0. The van der Waals surface area contributed by atoms with Gasteiger partial charge >= 0.3 is 0 Å². The van der Waals surface area contributed by atoms with Gasteiger partial charge in [-0.2, -0.15) is 0 Å². The molecule has 0 amide bonds. The van der Waals surface area contributed by atoms with Crippen molar-refractivity contribution in [1.29, 1.82) is 0 Å². The van der Waals surface area contributed by atoms with Crippen molar-refractivity contribution in [3.63, 3.8) is 0 Å². The van der Waals surface area contributed by atoms with Crippen LogP contribution in [0.3, 0.4) is 0 Å². The molecule has 5 heavy (non-hydrogen) atoms. The Morgan fingerprint density at radius 2 is 1.60 bits per heavy atom. The number of hydrogen-bond donors (Lipinski definition) is 0. The molecule has 0 aliphatic heterocycles. The summed E-state index contributed by atoms with van der Waals surface area (Å²) in [5, 5.41) is 0. The van der Waals surface area contributed by atoms with E-state index in [-0.39, 0.29) is 35.0 Å². The summed E-state index contributed by atoms with van der Waals surface area (Å²) >= 11 is 3.18. The van der Waals surface area contributed by atoms with E-state index in [4.69, 9.17) is 0 Å². The summed E-state index contributed by atoms with van der Waals surface area (Å²) in [5.74, 6) is 1.06. The van der Waals surface area contributed by atoms with Crippen molar-refractivity contribution in [1.82, 2.24) is 0 Å². The van der Waals surface area contributed by atoms with Gasteiger partial charge in [-0.1, -0.05) is 0 Å². The van der Waals surface area contributed by atoms with Crippen LogP contribution in [0.15, 0.2) is 0 Å². The van der Waals surface area contributed by atoms with Crippen molar-refractivity contribution >= 4 is 42.2 Å². The molecule has 0 spiro atoms. The van der Waals surface area contributed by atoms with Crippen molar-refractivity contribution in [3.8, 4) is 0 Å². The van der Waals surface area contributed by atoms with Crippen molar-refractivity contribution in [3.05, 3.63) is 0 Å². The molecule has 0 aliphatic rings. The minimum absolute atomic E-state index is 0. The molecule has 0 saturated carbocycles. The summed E-state index contributed by atoms with van der Waals surface area (Å²) in [6.45, 7) is 2.04. The smallest absolute Gasteiger partial charge is 0.100 e. The van der Waals surface area contributed by atoms with Gasteiger partial charge in [0.25, 0.3) is 0 Å². The van der Waals surface area contributed by atoms with Crippen LogP contribution in [0, 0.1) is 0 Å². The predicted octanol–water partition coefficient (Wildman–Crippen LogP) is -0.540. The van der Waals surface area contributed by atoms with E-state index in [0.29, 0.717) is 0 Å². The maximum Gasteiger partial charge on any atom is 0.100 e. The minimum Gasteiger partial charge on any atom is -0.870 e. The third-order valence-corrected chi connectivity index (χ3v) is 0. The van der Waals surface area contributed by atoms with E-state index in [1.54, 1.807) is 0 Å². The molecule has 0 saturated heterocycles. The van der Waals surface area contributed by atoms with Crippen molar-refractivity contribution in [2.75, 3.05) is 5.75 Å². The summed E-state index contributed by atoms with van der Waals surface area (Å²) < 4.78 is 0. The predicted molar refractivity (Wildman–Crippen MR) is 28.4 cm³/mol. The van der Waals surface area contributed by atoms with E-state index in [1.807, 2.05) is 6.92 Å². The average Bonchev–Trinajstić information content (AvgIpc) is 0.918. The average molecular weight is 103 g/mol. The molecule has 0 aromatic heterocycles. The zero-order valence-corrected chi connectivity index (χ0v) is 6.65. The van der Waals surface area contributed by atoms with Gasteiger partial charge in [0.1, 0.15) is 5.75 Å². The SMILES string of the molecule is CC[SH2+].[Na].[OH-]. The van der Waals surface area contributed by atoms with E-state index < -0.39 is 0 Å². The van der Waals surface area contributed by atoms with Crippen LogP contribution in [-0.4, -0.2) is 40.8 Å². The Balaban J connectivity index is -0.0000000200. The first-order valence-corrected chi connectivity index (χ1v) is 1.77. The minimum atomic E-state index is 0. The quantitative estimate of drug-likeness (QED) is 0.299. The molecule has 29 valence electrons. The molecule has 0 bridgehead atoms. The summed E-state index contributed by atoms with van der Waals surface area (Å²) in [5.41, 5.74) is 0. The third-order valence-electron chi connectivity index (χ3n) is 0. The second kappa shape index (κ2) is 18.5. The molecule has 0 aliphatic carbocycles. The first-order chi connectivity index (χ1) is 1.41. The van der Waals surface area contributed by atoms with Crippen LogP contribution in [0.25, 0.3) is 0 Å². The number of rotatable bonds is 0. The molecule has 0 fully saturated rings. The van der Waals surface area contributed by atoms with Crippen LogP contribution in [0.4, 0.5) is 0 Å². The van der Waals surface area contributed by atoms with Crippen LogP contribution in [0.2, 0.25) is 0 Å². The Morgan fingerprint density at radius 3 is 1.60 bits per heavy atom. The first-order valence-electron chi connectivity index (χ1n) is 1.06. The molecule has 0 aromatic carbocycles. The molecular formula is C2H8NaOS. The van der Waals surface area contributed by atoms with Crippen LogP contribution in [-0.2, 0) is 12.6 Å². The fraction of sp³-hybridized carbons (Fsp3) is 1.00. The molecule has 1 N–H and O–H groups in total. The van der Waals surface area contributed by atoms with E-state index in [2.05, 4.69) is 12.6 Å². The Labute approximate surface area is 60.2 Å². The van der Waals surface area contributed by atoms with Crippen LogP contribution >= 0.6 is 0 Å². The normalized spacial score (nSPS) is 3.60. The van der Waals surface area contributed by atoms with Gasteiger partial charge in [0.2, 0.25) is 0 Å². The van der Waals surface area contributed by atoms with Crippen molar-refractivity contribution in [2.45, 2.75) is 6.92 Å². The second-order valence-corrected chi connectivity index (χ2v) is 1.06. The molecule has 0 atom stereocenters. The first kappa shape index (κ1) is 16.2. The van der Waals surface area contributed by atoms with Gasteiger partial charge < -0.3 is 5.48 Å². The molecule has 3 heteroatoms. The van der Waals surface area contributed by atoms with Crippen molar-refractivity contribution in [2.24, 2.45) is 0 Å². The molecule has 1 nitrogen and oxygen atoms in total. The van der Waals surface area contributed by atoms with Gasteiger partial charge in [0, 0.05) is 29.6 Å². The van der Waals surface area contributed by atoms with Crippen LogP contribution in [0.1, 0.15) is 6.92 Å². The van der Waals surface area contributed by atoms with Gasteiger partial charge in [-0.05, 0) is 19.6 Å². The topological polar surface area (TPSA) is 30.0 Å².